The SMILES string of the molecule is O=C(O)c1nc(I)c(Cl)cc1F. The van der Waals surface area contributed by atoms with E-state index in [-0.39, 0.29) is 8.72 Å². The summed E-state index contributed by atoms with van der Waals surface area (Å²) < 4.78 is 13.0. The molecule has 0 amide bonds. The zero-order chi connectivity index (χ0) is 9.30. The van der Waals surface area contributed by atoms with Crippen LogP contribution in [0.25, 0.3) is 0 Å². The monoisotopic (exact) mass is 301 g/mol. The van der Waals surface area contributed by atoms with Gasteiger partial charge in [-0.05, 0) is 28.7 Å². The average molecular weight is 301 g/mol. The van der Waals surface area contributed by atoms with E-state index in [1.54, 1.807) is 22.6 Å². The Morgan fingerprint density at radius 3 is 2.83 bits per heavy atom. The molecule has 12 heavy (non-hydrogen) atoms. The van der Waals surface area contributed by atoms with Crippen molar-refractivity contribution in [1.82, 2.24) is 4.98 Å². The van der Waals surface area contributed by atoms with Crippen LogP contribution in [0.5, 0.6) is 0 Å². The van der Waals surface area contributed by atoms with Crippen molar-refractivity contribution in [1.29, 1.82) is 0 Å². The molecule has 0 aliphatic rings. The number of nitrogens with zero attached hydrogens (tertiary/aromatic N) is 1. The number of carboxylic acids is 1. The summed E-state index contributed by atoms with van der Waals surface area (Å²) in [5, 5.41) is 8.54. The summed E-state index contributed by atoms with van der Waals surface area (Å²) in [4.78, 5) is 13.8. The van der Waals surface area contributed by atoms with E-state index >= 15 is 0 Å². The van der Waals surface area contributed by atoms with Crippen LogP contribution in [0.15, 0.2) is 6.07 Å². The Morgan fingerprint density at radius 2 is 2.33 bits per heavy atom. The fourth-order valence-electron chi connectivity index (χ4n) is 0.594. The molecule has 0 aliphatic heterocycles. The van der Waals surface area contributed by atoms with Gasteiger partial charge in [0, 0.05) is 0 Å². The van der Waals surface area contributed by atoms with Gasteiger partial charge in [-0.1, -0.05) is 11.6 Å². The maximum Gasteiger partial charge on any atom is 0.357 e. The highest BCUT2D eigenvalue weighted by atomic mass is 127. The molecule has 1 heterocycles. The second-order valence-electron chi connectivity index (χ2n) is 1.90. The predicted octanol–water partition coefficient (Wildman–Crippen LogP) is 2.18. The molecule has 64 valence electrons. The number of carbonyl (C=O) groups is 1. The van der Waals surface area contributed by atoms with Crippen LogP contribution in [0.1, 0.15) is 10.5 Å². The van der Waals surface area contributed by atoms with Gasteiger partial charge in [0.25, 0.3) is 0 Å². The highest BCUT2D eigenvalue weighted by Crippen LogP contribution is 2.18. The largest absolute Gasteiger partial charge is 0.476 e. The summed E-state index contributed by atoms with van der Waals surface area (Å²) in [5.74, 6) is -2.32. The molecule has 0 saturated heterocycles. The molecule has 1 aromatic heterocycles. The first-order valence-corrected chi connectivity index (χ1v) is 4.23. The standard InChI is InChI=1S/C6H2ClFINO2/c7-2-1-3(8)4(6(11)12)10-5(2)9/h1H,(H,11,12). The number of aromatic carboxylic acids is 1. The summed E-state index contributed by atoms with van der Waals surface area (Å²) in [7, 11) is 0. The Labute approximate surface area is 85.7 Å². The average Bonchev–Trinajstić information content (AvgIpc) is 1.96. The Hall–Kier alpha value is -0.430. The van der Waals surface area contributed by atoms with E-state index in [2.05, 4.69) is 4.98 Å². The third-order valence-electron chi connectivity index (χ3n) is 1.09. The Kier molecular flexibility index (Phi) is 2.84. The van der Waals surface area contributed by atoms with Gasteiger partial charge in [0.1, 0.15) is 3.70 Å². The zero-order valence-corrected chi connectivity index (χ0v) is 8.43. The lowest BCUT2D eigenvalue weighted by atomic mass is 10.3. The molecular weight excluding hydrogens is 299 g/mol. The van der Waals surface area contributed by atoms with Gasteiger partial charge in [0.2, 0.25) is 0 Å². The molecule has 0 radical (unpaired) electrons. The maximum atomic E-state index is 12.8. The molecule has 0 spiro atoms. The minimum atomic E-state index is -1.40. The van der Waals surface area contributed by atoms with E-state index in [1.807, 2.05) is 0 Å². The van der Waals surface area contributed by atoms with Gasteiger partial charge in [-0.25, -0.2) is 14.2 Å². The summed E-state index contributed by atoms with van der Waals surface area (Å²) in [6, 6.07) is 0.930. The van der Waals surface area contributed by atoms with Crippen LogP contribution >= 0.6 is 34.2 Å². The Morgan fingerprint density at radius 1 is 1.75 bits per heavy atom. The van der Waals surface area contributed by atoms with Crippen molar-refractivity contribution in [3.8, 4) is 0 Å². The Bertz CT molecular complexity index is 345. The van der Waals surface area contributed by atoms with Crippen molar-refractivity contribution >= 4 is 40.2 Å². The van der Waals surface area contributed by atoms with Crippen molar-refractivity contribution < 1.29 is 14.3 Å². The van der Waals surface area contributed by atoms with Crippen molar-refractivity contribution in [2.24, 2.45) is 0 Å². The quantitative estimate of drug-likeness (QED) is 0.639. The number of pyridine rings is 1. The van der Waals surface area contributed by atoms with Gasteiger partial charge in [0.15, 0.2) is 11.5 Å². The molecule has 0 atom stereocenters. The molecule has 0 aliphatic carbocycles. The molecule has 0 saturated carbocycles. The van der Waals surface area contributed by atoms with Crippen molar-refractivity contribution in [3.05, 3.63) is 26.3 Å². The normalized spacial score (nSPS) is 9.92. The minimum absolute atomic E-state index is 0.109. The van der Waals surface area contributed by atoms with Gasteiger partial charge in [0.05, 0.1) is 5.02 Å². The van der Waals surface area contributed by atoms with Crippen molar-refractivity contribution in [3.63, 3.8) is 0 Å². The molecule has 0 fully saturated rings. The fraction of sp³-hybridized carbons (Fsp3) is 0. The lowest BCUT2D eigenvalue weighted by Crippen LogP contribution is -2.05. The van der Waals surface area contributed by atoms with Crippen LogP contribution < -0.4 is 0 Å². The molecule has 3 nitrogen and oxygen atoms in total. The summed E-state index contributed by atoms with van der Waals surface area (Å²) in [6.07, 6.45) is 0. The lowest BCUT2D eigenvalue weighted by molar-refractivity contribution is 0.0684. The third-order valence-corrected chi connectivity index (χ3v) is 2.52. The number of aromatic nitrogens is 1. The van der Waals surface area contributed by atoms with Crippen LogP contribution in [-0.4, -0.2) is 16.1 Å². The molecule has 1 N–H and O–H groups in total. The topological polar surface area (TPSA) is 50.2 Å². The van der Waals surface area contributed by atoms with Gasteiger partial charge < -0.3 is 5.11 Å². The fourth-order valence-corrected chi connectivity index (χ4v) is 1.13. The highest BCUT2D eigenvalue weighted by molar-refractivity contribution is 14.1. The van der Waals surface area contributed by atoms with E-state index < -0.39 is 17.5 Å². The number of rotatable bonds is 1. The molecular formula is C6H2ClFINO2. The number of carboxylic acid groups (broad SMARTS) is 1. The first kappa shape index (κ1) is 9.66. The van der Waals surface area contributed by atoms with Gasteiger partial charge in [-0.15, -0.1) is 0 Å². The third kappa shape index (κ3) is 1.84. The molecule has 0 aromatic carbocycles. The highest BCUT2D eigenvalue weighted by Gasteiger charge is 2.14. The zero-order valence-electron chi connectivity index (χ0n) is 5.51. The first-order chi connectivity index (χ1) is 5.52. The second-order valence-corrected chi connectivity index (χ2v) is 3.33. The summed E-state index contributed by atoms with van der Waals surface area (Å²) in [5.41, 5.74) is -0.608. The van der Waals surface area contributed by atoms with E-state index in [0.29, 0.717) is 0 Å². The van der Waals surface area contributed by atoms with E-state index in [9.17, 15) is 9.18 Å². The van der Waals surface area contributed by atoms with Crippen LogP contribution in [0.4, 0.5) is 4.39 Å². The van der Waals surface area contributed by atoms with Crippen LogP contribution in [0.3, 0.4) is 0 Å². The summed E-state index contributed by atoms with van der Waals surface area (Å²) >= 11 is 7.21. The molecule has 0 unspecified atom stereocenters. The van der Waals surface area contributed by atoms with Crippen LogP contribution in [-0.2, 0) is 0 Å². The second kappa shape index (κ2) is 3.53. The number of hydrogen-bond donors (Lipinski definition) is 1. The van der Waals surface area contributed by atoms with E-state index in [1.165, 1.54) is 0 Å². The van der Waals surface area contributed by atoms with Crippen LogP contribution in [0.2, 0.25) is 5.02 Å². The van der Waals surface area contributed by atoms with E-state index in [4.69, 9.17) is 16.7 Å². The van der Waals surface area contributed by atoms with Gasteiger partial charge >= 0.3 is 5.97 Å². The van der Waals surface area contributed by atoms with Gasteiger partial charge in [-0.2, -0.15) is 0 Å². The maximum absolute atomic E-state index is 12.8. The minimum Gasteiger partial charge on any atom is -0.476 e. The smallest absolute Gasteiger partial charge is 0.357 e. The lowest BCUT2D eigenvalue weighted by Gasteiger charge is -1.98. The summed E-state index contributed by atoms with van der Waals surface area (Å²) in [6.45, 7) is 0. The number of halogens is 3. The van der Waals surface area contributed by atoms with Crippen LogP contribution in [0, 0.1) is 9.52 Å². The number of hydrogen-bond acceptors (Lipinski definition) is 2. The van der Waals surface area contributed by atoms with Crippen molar-refractivity contribution in [2.45, 2.75) is 0 Å². The predicted molar refractivity (Wildman–Crippen MR) is 48.9 cm³/mol. The first-order valence-electron chi connectivity index (χ1n) is 2.77. The molecule has 1 aromatic rings. The molecule has 0 bridgehead atoms. The molecule has 6 heteroatoms. The molecule has 1 rings (SSSR count). The van der Waals surface area contributed by atoms with Gasteiger partial charge in [-0.3, -0.25) is 0 Å². The van der Waals surface area contributed by atoms with E-state index in [0.717, 1.165) is 6.07 Å². The van der Waals surface area contributed by atoms with Crippen molar-refractivity contribution in [2.75, 3.05) is 0 Å². The Balaban J connectivity index is 3.33.